The van der Waals surface area contributed by atoms with Crippen LogP contribution in [-0.4, -0.2) is 4.92 Å². The second-order valence-corrected chi connectivity index (χ2v) is 9.88. The van der Waals surface area contributed by atoms with E-state index < -0.39 is 7.92 Å². The fraction of sp³-hybridized carbons (Fsp3) is 0.111. The van der Waals surface area contributed by atoms with Crippen LogP contribution in [0.3, 0.4) is 0 Å². The average Bonchev–Trinajstić information content (AvgIpc) is 2.85. The van der Waals surface area contributed by atoms with E-state index in [4.69, 9.17) is 0 Å². The number of nitro benzene ring substituents is 1. The maximum absolute atomic E-state index is 11.2. The highest BCUT2D eigenvalue weighted by atomic mass is 31.1. The van der Waals surface area contributed by atoms with Crippen LogP contribution in [0.1, 0.15) is 29.9 Å². The molecule has 0 spiro atoms. The van der Waals surface area contributed by atoms with Crippen LogP contribution in [0.2, 0.25) is 0 Å². The van der Waals surface area contributed by atoms with E-state index >= 15 is 0 Å². The maximum atomic E-state index is 11.2. The first-order valence-corrected chi connectivity index (χ1v) is 12.0. The van der Waals surface area contributed by atoms with Gasteiger partial charge >= 0.3 is 0 Å². The van der Waals surface area contributed by atoms with Gasteiger partial charge in [0.15, 0.2) is 0 Å². The summed E-state index contributed by atoms with van der Waals surface area (Å²) in [4.78, 5) is 10.9. The molecular weight excluding hydrogens is 415 g/mol. The molecule has 1 N–H and O–H groups in total. The zero-order valence-corrected chi connectivity index (χ0v) is 18.7. The zero-order chi connectivity index (χ0) is 22.3. The van der Waals surface area contributed by atoms with E-state index in [1.807, 2.05) is 42.5 Å². The van der Waals surface area contributed by atoms with Gasteiger partial charge in [0.25, 0.3) is 5.69 Å². The Hall–Kier alpha value is -3.33. The minimum Gasteiger partial charge on any atom is -0.299 e. The summed E-state index contributed by atoms with van der Waals surface area (Å²) >= 11 is 0. The van der Waals surface area contributed by atoms with Gasteiger partial charge in [0, 0.05) is 18.2 Å². The Labute approximate surface area is 189 Å². The highest BCUT2D eigenvalue weighted by molar-refractivity contribution is 7.73. The Morgan fingerprint density at radius 2 is 1.16 bits per heavy atom. The van der Waals surface area contributed by atoms with E-state index in [0.29, 0.717) is 0 Å². The number of hydrogen-bond donors (Lipinski definition) is 1. The Morgan fingerprint density at radius 1 is 0.688 bits per heavy atom. The van der Waals surface area contributed by atoms with Gasteiger partial charge in [0.05, 0.1) is 10.7 Å². The average molecular weight is 440 g/mol. The zero-order valence-electron chi connectivity index (χ0n) is 17.8. The highest BCUT2D eigenvalue weighted by Gasteiger charge is 2.28. The Kier molecular flexibility index (Phi) is 7.06. The molecular formula is C27H25N2O2P. The predicted molar refractivity (Wildman–Crippen MR) is 133 cm³/mol. The third-order valence-electron chi connectivity index (χ3n) is 5.45. The fourth-order valence-electron chi connectivity index (χ4n) is 3.80. The van der Waals surface area contributed by atoms with E-state index in [2.05, 4.69) is 72.9 Å². The molecule has 0 aliphatic rings. The fourth-order valence-corrected chi connectivity index (χ4v) is 6.52. The monoisotopic (exact) mass is 440 g/mol. The molecule has 0 saturated carbocycles. The quantitative estimate of drug-likeness (QED) is 0.205. The third-order valence-corrected chi connectivity index (χ3v) is 8.13. The minimum absolute atomic E-state index is 0.0224. The van der Waals surface area contributed by atoms with Crippen molar-refractivity contribution in [1.29, 1.82) is 0 Å². The number of nitrogens with zero attached hydrogens (tertiary/aromatic N) is 1. The van der Waals surface area contributed by atoms with Gasteiger partial charge < -0.3 is 0 Å². The number of rotatable bonds is 8. The van der Waals surface area contributed by atoms with Crippen LogP contribution in [0.4, 0.5) is 5.69 Å². The third kappa shape index (κ3) is 5.11. The van der Waals surface area contributed by atoms with Crippen molar-refractivity contribution in [2.45, 2.75) is 18.7 Å². The van der Waals surface area contributed by atoms with Crippen molar-refractivity contribution in [3.63, 3.8) is 0 Å². The first-order valence-electron chi connectivity index (χ1n) is 10.6. The van der Waals surface area contributed by atoms with Crippen molar-refractivity contribution in [2.24, 2.45) is 0 Å². The molecule has 0 fully saturated rings. The van der Waals surface area contributed by atoms with Crippen molar-refractivity contribution in [3.05, 3.63) is 137 Å². The van der Waals surface area contributed by atoms with E-state index in [-0.39, 0.29) is 22.4 Å². The summed E-state index contributed by atoms with van der Waals surface area (Å²) in [6, 6.07) is 38.5. The number of nitrogens with one attached hydrogen (secondary N) is 1. The molecule has 2 atom stereocenters. The second kappa shape index (κ2) is 10.3. The van der Waals surface area contributed by atoms with Crippen LogP contribution in [0, 0.1) is 10.1 Å². The lowest BCUT2D eigenvalue weighted by Crippen LogP contribution is -2.29. The molecule has 5 heteroatoms. The Bertz CT molecular complexity index is 1100. The highest BCUT2D eigenvalue weighted by Crippen LogP contribution is 2.49. The van der Waals surface area contributed by atoms with Crippen molar-refractivity contribution >= 4 is 24.2 Å². The predicted octanol–water partition coefficient (Wildman–Crippen LogP) is 6.08. The van der Waals surface area contributed by atoms with Crippen LogP contribution in [0.5, 0.6) is 0 Å². The standard InChI is InChI=1S/C27H25N2O2P/c1-21(22-11-5-2-6-12-22)28-27(23-17-19-24(20-18-23)29(30)31)32(25-13-7-3-8-14-25)26-15-9-4-10-16-26/h2-21,27-28H,1H3. The molecule has 4 nitrogen and oxygen atoms in total. The van der Waals surface area contributed by atoms with E-state index in [9.17, 15) is 10.1 Å². The molecule has 4 aromatic rings. The Morgan fingerprint density at radius 3 is 1.62 bits per heavy atom. The van der Waals surface area contributed by atoms with Crippen molar-refractivity contribution < 1.29 is 4.92 Å². The minimum atomic E-state index is -0.819. The molecule has 2 unspecified atom stereocenters. The van der Waals surface area contributed by atoms with Crippen LogP contribution in [0.15, 0.2) is 115 Å². The van der Waals surface area contributed by atoms with Gasteiger partial charge in [0.2, 0.25) is 0 Å². The van der Waals surface area contributed by atoms with Crippen LogP contribution in [-0.2, 0) is 0 Å². The molecule has 160 valence electrons. The molecule has 0 amide bonds. The van der Waals surface area contributed by atoms with Crippen molar-refractivity contribution in [1.82, 2.24) is 5.32 Å². The van der Waals surface area contributed by atoms with Crippen LogP contribution < -0.4 is 15.9 Å². The first kappa shape index (κ1) is 21.9. The van der Waals surface area contributed by atoms with Crippen molar-refractivity contribution in [3.8, 4) is 0 Å². The van der Waals surface area contributed by atoms with Gasteiger partial charge in [-0.05, 0) is 36.6 Å². The first-order chi connectivity index (χ1) is 15.6. The van der Waals surface area contributed by atoms with Gasteiger partial charge in [-0.15, -0.1) is 0 Å². The molecule has 0 saturated heterocycles. The molecule has 0 aliphatic carbocycles. The van der Waals surface area contributed by atoms with Gasteiger partial charge in [0.1, 0.15) is 0 Å². The topological polar surface area (TPSA) is 55.2 Å². The molecule has 0 aliphatic heterocycles. The Balaban J connectivity index is 1.80. The summed E-state index contributed by atoms with van der Waals surface area (Å²) in [5, 5.41) is 17.6. The van der Waals surface area contributed by atoms with Gasteiger partial charge in [-0.2, -0.15) is 0 Å². The second-order valence-electron chi connectivity index (χ2n) is 7.59. The summed E-state index contributed by atoms with van der Waals surface area (Å²) < 4.78 is 0. The molecule has 4 aromatic carbocycles. The molecule has 4 rings (SSSR count). The van der Waals surface area contributed by atoms with Crippen LogP contribution >= 0.6 is 7.92 Å². The summed E-state index contributed by atoms with van der Waals surface area (Å²) in [5.74, 6) is -0.0224. The number of non-ortho nitro benzene ring substituents is 1. The molecule has 0 aromatic heterocycles. The number of hydrogen-bond acceptors (Lipinski definition) is 3. The summed E-state index contributed by atoms with van der Waals surface area (Å²) in [6.07, 6.45) is 0. The molecule has 0 bridgehead atoms. The van der Waals surface area contributed by atoms with Gasteiger partial charge in [-0.1, -0.05) is 103 Å². The smallest absolute Gasteiger partial charge is 0.269 e. The summed E-state index contributed by atoms with van der Waals surface area (Å²) in [5.41, 5.74) is 2.35. The maximum Gasteiger partial charge on any atom is 0.269 e. The van der Waals surface area contributed by atoms with E-state index in [1.54, 1.807) is 12.1 Å². The largest absolute Gasteiger partial charge is 0.299 e. The van der Waals surface area contributed by atoms with Crippen LogP contribution in [0.25, 0.3) is 0 Å². The van der Waals surface area contributed by atoms with Gasteiger partial charge in [-0.3, -0.25) is 15.4 Å². The van der Waals surface area contributed by atoms with E-state index in [1.165, 1.54) is 16.2 Å². The lowest BCUT2D eigenvalue weighted by molar-refractivity contribution is -0.384. The molecule has 32 heavy (non-hydrogen) atoms. The van der Waals surface area contributed by atoms with Crippen molar-refractivity contribution in [2.75, 3.05) is 0 Å². The lowest BCUT2D eigenvalue weighted by atomic mass is 10.1. The number of nitro groups is 1. The SMILES string of the molecule is CC(NC(c1ccc([N+](=O)[O-])cc1)P(c1ccccc1)c1ccccc1)c1ccccc1. The number of benzene rings is 4. The lowest BCUT2D eigenvalue weighted by Gasteiger charge is -2.32. The molecule has 0 radical (unpaired) electrons. The van der Waals surface area contributed by atoms with E-state index in [0.717, 1.165) is 5.56 Å². The summed E-state index contributed by atoms with van der Waals surface area (Å²) in [7, 11) is -0.819. The van der Waals surface area contributed by atoms with Gasteiger partial charge in [-0.25, -0.2) is 0 Å². The summed E-state index contributed by atoms with van der Waals surface area (Å²) in [6.45, 7) is 2.16. The molecule has 0 heterocycles. The normalized spacial score (nSPS) is 12.9.